The number of para-hydroxylation sites is 1. The van der Waals surface area contributed by atoms with Gasteiger partial charge in [0.25, 0.3) is 5.91 Å². The third kappa shape index (κ3) is 5.81. The topological polar surface area (TPSA) is 38.3 Å². The molecule has 0 spiro atoms. The zero-order valence-electron chi connectivity index (χ0n) is 13.0. The number of carbonyl (C=O) groups is 1. The number of hydrogen-bond donors (Lipinski definition) is 1. The number of amides is 1. The van der Waals surface area contributed by atoms with Gasteiger partial charge in [0.05, 0.1) is 5.02 Å². The predicted molar refractivity (Wildman–Crippen MR) is 96.3 cm³/mol. The van der Waals surface area contributed by atoms with E-state index in [2.05, 4.69) is 17.4 Å². The molecule has 1 atom stereocenters. The summed E-state index contributed by atoms with van der Waals surface area (Å²) >= 11 is 7.78. The van der Waals surface area contributed by atoms with Gasteiger partial charge in [-0.05, 0) is 30.7 Å². The van der Waals surface area contributed by atoms with Crippen LogP contribution in [0, 0.1) is 0 Å². The van der Waals surface area contributed by atoms with Crippen molar-refractivity contribution in [1.82, 2.24) is 5.32 Å². The minimum absolute atomic E-state index is 0.110. The van der Waals surface area contributed by atoms with E-state index in [1.165, 1.54) is 4.90 Å². The molecular weight excluding hydrogens is 330 g/mol. The molecule has 3 nitrogen and oxygen atoms in total. The highest BCUT2D eigenvalue weighted by atomic mass is 35.5. The largest absolute Gasteiger partial charge is 0.479 e. The van der Waals surface area contributed by atoms with Crippen molar-refractivity contribution < 1.29 is 9.53 Å². The maximum absolute atomic E-state index is 12.2. The predicted octanol–water partition coefficient (Wildman–Crippen LogP) is 4.41. The van der Waals surface area contributed by atoms with Gasteiger partial charge < -0.3 is 10.1 Å². The van der Waals surface area contributed by atoms with Gasteiger partial charge in [-0.15, -0.1) is 11.8 Å². The molecule has 23 heavy (non-hydrogen) atoms. The summed E-state index contributed by atoms with van der Waals surface area (Å²) in [6.45, 7) is 2.51. The molecule has 2 rings (SSSR count). The monoisotopic (exact) mass is 349 g/mol. The summed E-state index contributed by atoms with van der Waals surface area (Å²) in [6.07, 6.45) is 0.0553. The fraction of sp³-hybridized carbons (Fsp3) is 0.278. The van der Waals surface area contributed by atoms with E-state index < -0.39 is 6.10 Å². The molecule has 2 aromatic carbocycles. The molecule has 0 saturated carbocycles. The summed E-state index contributed by atoms with van der Waals surface area (Å²) in [5.41, 5.74) is 0. The lowest BCUT2D eigenvalue weighted by Crippen LogP contribution is -2.39. The van der Waals surface area contributed by atoms with Gasteiger partial charge in [-0.25, -0.2) is 0 Å². The van der Waals surface area contributed by atoms with Crippen molar-refractivity contribution in [3.63, 3.8) is 0 Å². The van der Waals surface area contributed by atoms with Gasteiger partial charge in [-0.2, -0.15) is 0 Å². The lowest BCUT2D eigenvalue weighted by atomic mass is 10.2. The van der Waals surface area contributed by atoms with Crippen molar-refractivity contribution >= 4 is 29.3 Å². The molecule has 0 radical (unpaired) electrons. The average molecular weight is 350 g/mol. The minimum Gasteiger partial charge on any atom is -0.479 e. The van der Waals surface area contributed by atoms with Crippen LogP contribution >= 0.6 is 23.4 Å². The second kappa shape index (κ2) is 9.48. The van der Waals surface area contributed by atoms with E-state index in [0.29, 0.717) is 23.7 Å². The molecule has 0 bridgehead atoms. The zero-order chi connectivity index (χ0) is 16.5. The number of rotatable bonds is 8. The van der Waals surface area contributed by atoms with Gasteiger partial charge in [0.1, 0.15) is 5.75 Å². The molecule has 0 aliphatic carbocycles. The van der Waals surface area contributed by atoms with Crippen molar-refractivity contribution in [2.24, 2.45) is 0 Å². The first kappa shape index (κ1) is 17.7. The normalized spacial score (nSPS) is 11.7. The van der Waals surface area contributed by atoms with Crippen LogP contribution in [0.2, 0.25) is 5.02 Å². The molecule has 2 aromatic rings. The summed E-state index contributed by atoms with van der Waals surface area (Å²) in [5, 5.41) is 3.43. The Kier molecular flexibility index (Phi) is 7.30. The van der Waals surface area contributed by atoms with Crippen LogP contribution < -0.4 is 10.1 Å². The SMILES string of the molecule is CC[C@@H](Oc1ccccc1Cl)C(=O)NCCSc1ccccc1. The Labute approximate surface area is 146 Å². The van der Waals surface area contributed by atoms with Gasteiger partial charge in [-0.3, -0.25) is 4.79 Å². The summed E-state index contributed by atoms with van der Waals surface area (Å²) in [4.78, 5) is 13.4. The van der Waals surface area contributed by atoms with E-state index in [-0.39, 0.29) is 5.91 Å². The molecule has 0 aromatic heterocycles. The number of hydrogen-bond acceptors (Lipinski definition) is 3. The highest BCUT2D eigenvalue weighted by molar-refractivity contribution is 7.99. The molecule has 1 amide bonds. The number of halogens is 1. The quantitative estimate of drug-likeness (QED) is 0.567. The van der Waals surface area contributed by atoms with E-state index in [1.54, 1.807) is 23.9 Å². The van der Waals surface area contributed by atoms with Crippen molar-refractivity contribution in [2.75, 3.05) is 12.3 Å². The molecule has 0 unspecified atom stereocenters. The molecule has 5 heteroatoms. The summed E-state index contributed by atoms with van der Waals surface area (Å²) in [7, 11) is 0. The van der Waals surface area contributed by atoms with E-state index in [1.807, 2.05) is 37.3 Å². The molecular formula is C18H20ClNO2S. The van der Waals surface area contributed by atoms with Gasteiger partial charge in [0.2, 0.25) is 0 Å². The highest BCUT2D eigenvalue weighted by Gasteiger charge is 2.18. The smallest absolute Gasteiger partial charge is 0.261 e. The van der Waals surface area contributed by atoms with Crippen molar-refractivity contribution in [3.05, 3.63) is 59.6 Å². The third-order valence-corrected chi connectivity index (χ3v) is 4.51. The summed E-state index contributed by atoms with van der Waals surface area (Å²) < 4.78 is 5.72. The van der Waals surface area contributed by atoms with Gasteiger partial charge in [0.15, 0.2) is 6.10 Å². The lowest BCUT2D eigenvalue weighted by molar-refractivity contribution is -0.127. The first-order valence-electron chi connectivity index (χ1n) is 7.57. The van der Waals surface area contributed by atoms with E-state index in [0.717, 1.165) is 5.75 Å². The van der Waals surface area contributed by atoms with Crippen LogP contribution in [-0.2, 0) is 4.79 Å². The number of ether oxygens (including phenoxy) is 1. The van der Waals surface area contributed by atoms with Crippen molar-refractivity contribution in [1.29, 1.82) is 0 Å². The number of thioether (sulfide) groups is 1. The van der Waals surface area contributed by atoms with E-state index in [9.17, 15) is 4.79 Å². The number of carbonyl (C=O) groups excluding carboxylic acids is 1. The Morgan fingerprint density at radius 2 is 1.87 bits per heavy atom. The van der Waals surface area contributed by atoms with Crippen LogP contribution in [0.1, 0.15) is 13.3 Å². The Morgan fingerprint density at radius 1 is 1.17 bits per heavy atom. The van der Waals surface area contributed by atoms with Crippen LogP contribution in [0.3, 0.4) is 0 Å². The summed E-state index contributed by atoms with van der Waals surface area (Å²) in [5.74, 6) is 1.24. The fourth-order valence-electron chi connectivity index (χ4n) is 1.99. The molecule has 0 aliphatic rings. The van der Waals surface area contributed by atoms with E-state index in [4.69, 9.17) is 16.3 Å². The minimum atomic E-state index is -0.531. The van der Waals surface area contributed by atoms with Gasteiger partial charge >= 0.3 is 0 Å². The van der Waals surface area contributed by atoms with Crippen LogP contribution in [0.4, 0.5) is 0 Å². The molecule has 0 saturated heterocycles. The molecule has 0 heterocycles. The zero-order valence-corrected chi connectivity index (χ0v) is 14.6. The van der Waals surface area contributed by atoms with Crippen LogP contribution in [0.15, 0.2) is 59.5 Å². The van der Waals surface area contributed by atoms with Crippen LogP contribution in [0.25, 0.3) is 0 Å². The first-order chi connectivity index (χ1) is 11.2. The second-order valence-electron chi connectivity index (χ2n) is 4.90. The molecule has 1 N–H and O–H groups in total. The van der Waals surface area contributed by atoms with E-state index >= 15 is 0 Å². The Morgan fingerprint density at radius 3 is 2.57 bits per heavy atom. The van der Waals surface area contributed by atoms with Crippen LogP contribution in [-0.4, -0.2) is 24.3 Å². The maximum atomic E-state index is 12.2. The molecule has 122 valence electrons. The van der Waals surface area contributed by atoms with Crippen molar-refractivity contribution in [3.8, 4) is 5.75 Å². The molecule has 0 fully saturated rings. The van der Waals surface area contributed by atoms with Gasteiger partial charge in [-0.1, -0.05) is 48.9 Å². The standard InChI is InChI=1S/C18H20ClNO2S/c1-2-16(22-17-11-7-6-10-15(17)19)18(21)20-12-13-23-14-8-4-3-5-9-14/h3-11,16H,2,12-13H2,1H3,(H,20,21)/t16-/m1/s1. The molecule has 0 aliphatic heterocycles. The Balaban J connectivity index is 1.77. The van der Waals surface area contributed by atoms with Gasteiger partial charge in [0, 0.05) is 17.2 Å². The van der Waals surface area contributed by atoms with Crippen molar-refractivity contribution in [2.45, 2.75) is 24.3 Å². The van der Waals surface area contributed by atoms with Crippen LogP contribution in [0.5, 0.6) is 5.75 Å². The lowest BCUT2D eigenvalue weighted by Gasteiger charge is -2.18. The Bertz CT molecular complexity index is 621. The Hall–Kier alpha value is -1.65. The number of nitrogens with one attached hydrogen (secondary N) is 1. The second-order valence-corrected chi connectivity index (χ2v) is 6.47. The number of benzene rings is 2. The average Bonchev–Trinajstić information content (AvgIpc) is 2.59. The first-order valence-corrected chi connectivity index (χ1v) is 8.93. The summed E-state index contributed by atoms with van der Waals surface area (Å²) in [6, 6.07) is 17.3. The highest BCUT2D eigenvalue weighted by Crippen LogP contribution is 2.24. The fourth-order valence-corrected chi connectivity index (χ4v) is 2.96. The maximum Gasteiger partial charge on any atom is 0.261 e. The third-order valence-electron chi connectivity index (χ3n) is 3.18.